The van der Waals surface area contributed by atoms with E-state index >= 15 is 0 Å². The van der Waals surface area contributed by atoms with E-state index in [1.807, 2.05) is 6.07 Å². The zero-order chi connectivity index (χ0) is 18.3. The van der Waals surface area contributed by atoms with E-state index in [2.05, 4.69) is 15.5 Å². The highest BCUT2D eigenvalue weighted by Gasteiger charge is 2.25. The van der Waals surface area contributed by atoms with E-state index in [0.717, 1.165) is 11.1 Å². The van der Waals surface area contributed by atoms with Gasteiger partial charge in [-0.3, -0.25) is 0 Å². The first kappa shape index (κ1) is 17.3. The Labute approximate surface area is 160 Å². The molecule has 134 valence electrons. The largest absolute Gasteiger partial charge is 0.334 e. The lowest BCUT2D eigenvalue weighted by Gasteiger charge is -2.04. The highest BCUT2D eigenvalue weighted by Crippen LogP contribution is 2.28. The van der Waals surface area contributed by atoms with Crippen LogP contribution >= 0.6 is 23.2 Å². The molecule has 0 spiro atoms. The Morgan fingerprint density at radius 3 is 2.65 bits per heavy atom. The summed E-state index contributed by atoms with van der Waals surface area (Å²) in [6.45, 7) is 0.436. The normalized spacial score (nSPS) is 15.0. The quantitative estimate of drug-likeness (QED) is 0.700. The van der Waals surface area contributed by atoms with Crippen molar-refractivity contribution < 1.29 is 12.9 Å². The van der Waals surface area contributed by atoms with Crippen LogP contribution in [0.2, 0.25) is 10.0 Å². The zero-order valence-corrected chi connectivity index (χ0v) is 15.7. The van der Waals surface area contributed by atoms with Crippen LogP contribution in [0.4, 0.5) is 6.01 Å². The summed E-state index contributed by atoms with van der Waals surface area (Å²) in [4.78, 5) is 4.70. The van der Waals surface area contributed by atoms with Crippen molar-refractivity contribution in [2.45, 2.75) is 17.9 Å². The summed E-state index contributed by atoms with van der Waals surface area (Å²) in [6, 6.07) is 10.6. The number of halogens is 2. The number of anilines is 1. The van der Waals surface area contributed by atoms with E-state index in [-0.39, 0.29) is 11.8 Å². The molecule has 4 rings (SSSR count). The predicted molar refractivity (Wildman–Crippen MR) is 99.3 cm³/mol. The maximum Gasteiger partial charge on any atom is 0.322 e. The van der Waals surface area contributed by atoms with Gasteiger partial charge in [0.2, 0.25) is 5.82 Å². The van der Waals surface area contributed by atoms with Gasteiger partial charge in [-0.1, -0.05) is 40.5 Å². The third-order valence-corrected chi connectivity index (χ3v) is 6.34. The lowest BCUT2D eigenvalue weighted by Crippen LogP contribution is -2.01. The second kappa shape index (κ2) is 6.57. The van der Waals surface area contributed by atoms with Gasteiger partial charge in [0.05, 0.1) is 10.6 Å². The summed E-state index contributed by atoms with van der Waals surface area (Å²) in [5, 5.41) is 7.92. The van der Waals surface area contributed by atoms with E-state index in [9.17, 15) is 8.42 Å². The van der Waals surface area contributed by atoms with Crippen LogP contribution < -0.4 is 5.32 Å². The van der Waals surface area contributed by atoms with E-state index in [4.69, 9.17) is 27.7 Å². The number of nitrogens with one attached hydrogen (secondary N) is 1. The van der Waals surface area contributed by atoms with Crippen molar-refractivity contribution in [2.75, 3.05) is 11.1 Å². The second-order valence-corrected chi connectivity index (χ2v) is 8.90. The van der Waals surface area contributed by atoms with Crippen molar-refractivity contribution in [1.82, 2.24) is 10.1 Å². The smallest absolute Gasteiger partial charge is 0.322 e. The number of hydrogen-bond donors (Lipinski definition) is 1. The van der Waals surface area contributed by atoms with E-state index in [1.54, 1.807) is 30.3 Å². The van der Waals surface area contributed by atoms with Gasteiger partial charge < -0.3 is 9.84 Å². The van der Waals surface area contributed by atoms with Gasteiger partial charge in [-0.05, 0) is 41.8 Å². The molecule has 0 unspecified atom stereocenters. The van der Waals surface area contributed by atoms with E-state index in [1.165, 1.54) is 0 Å². The zero-order valence-electron chi connectivity index (χ0n) is 13.4. The van der Waals surface area contributed by atoms with Gasteiger partial charge in [0, 0.05) is 22.2 Å². The molecule has 0 amide bonds. The maximum atomic E-state index is 11.9. The Morgan fingerprint density at radius 2 is 1.88 bits per heavy atom. The van der Waals surface area contributed by atoms with Crippen LogP contribution in [0.3, 0.4) is 0 Å². The van der Waals surface area contributed by atoms with Crippen molar-refractivity contribution in [3.8, 4) is 11.4 Å². The lowest BCUT2D eigenvalue weighted by atomic mass is 10.1. The molecule has 0 saturated carbocycles. The van der Waals surface area contributed by atoms with Crippen molar-refractivity contribution >= 4 is 39.1 Å². The molecule has 1 aliphatic heterocycles. The molecule has 2 aromatic carbocycles. The molecular formula is C17H13Cl2N3O3S. The van der Waals surface area contributed by atoms with Crippen molar-refractivity contribution in [1.29, 1.82) is 0 Å². The summed E-state index contributed by atoms with van der Waals surface area (Å²) < 4.78 is 28.9. The van der Waals surface area contributed by atoms with Crippen molar-refractivity contribution in [3.63, 3.8) is 0 Å². The number of hydrogen-bond acceptors (Lipinski definition) is 6. The molecule has 0 bridgehead atoms. The van der Waals surface area contributed by atoms with Crippen LogP contribution in [0.25, 0.3) is 11.4 Å². The monoisotopic (exact) mass is 409 g/mol. The lowest BCUT2D eigenvalue weighted by molar-refractivity contribution is 0.432. The predicted octanol–water partition coefficient (Wildman–Crippen LogP) is 3.99. The third kappa shape index (κ3) is 3.42. The summed E-state index contributed by atoms with van der Waals surface area (Å²) in [7, 11) is -3.11. The van der Waals surface area contributed by atoms with E-state index < -0.39 is 9.84 Å². The number of rotatable bonds is 4. The summed E-state index contributed by atoms with van der Waals surface area (Å²) >= 11 is 12.0. The average Bonchev–Trinajstić information content (AvgIpc) is 3.17. The van der Waals surface area contributed by atoms with Gasteiger partial charge in [0.25, 0.3) is 0 Å². The van der Waals surface area contributed by atoms with E-state index in [0.29, 0.717) is 39.3 Å². The van der Waals surface area contributed by atoms with Gasteiger partial charge >= 0.3 is 6.01 Å². The molecule has 0 aliphatic carbocycles. The van der Waals surface area contributed by atoms with Crippen LogP contribution in [0.15, 0.2) is 45.8 Å². The summed E-state index contributed by atoms with van der Waals surface area (Å²) in [5.74, 6) is 0.547. The maximum absolute atomic E-state index is 11.9. The molecular weight excluding hydrogens is 397 g/mol. The second-order valence-electron chi connectivity index (χ2n) is 5.95. The van der Waals surface area contributed by atoms with Gasteiger partial charge in [-0.2, -0.15) is 4.98 Å². The molecule has 6 nitrogen and oxygen atoms in total. The molecule has 1 N–H and O–H groups in total. The number of fused-ring (bicyclic) bond motifs is 1. The highest BCUT2D eigenvalue weighted by molar-refractivity contribution is 7.91. The Kier molecular flexibility index (Phi) is 4.38. The minimum atomic E-state index is -3.11. The Morgan fingerprint density at radius 1 is 1.12 bits per heavy atom. The number of nitrogens with zero attached hydrogens (tertiary/aromatic N) is 2. The number of benzene rings is 2. The molecule has 1 aliphatic rings. The molecule has 0 fully saturated rings. The first-order valence-electron chi connectivity index (χ1n) is 7.79. The first-order chi connectivity index (χ1) is 12.4. The van der Waals surface area contributed by atoms with Crippen molar-refractivity contribution in [2.24, 2.45) is 0 Å². The van der Waals surface area contributed by atoms with Gasteiger partial charge in [-0.25, -0.2) is 8.42 Å². The Balaban J connectivity index is 1.49. The van der Waals surface area contributed by atoms with Gasteiger partial charge in [0.15, 0.2) is 9.84 Å². The van der Waals surface area contributed by atoms with Crippen LogP contribution in [-0.4, -0.2) is 24.3 Å². The van der Waals surface area contributed by atoms with Crippen LogP contribution in [0, 0.1) is 0 Å². The topological polar surface area (TPSA) is 85.1 Å². The molecule has 0 atom stereocenters. The Bertz CT molecular complexity index is 1080. The molecule has 0 radical (unpaired) electrons. The molecule has 26 heavy (non-hydrogen) atoms. The molecule has 2 heterocycles. The third-order valence-electron chi connectivity index (χ3n) is 4.09. The van der Waals surface area contributed by atoms with Crippen molar-refractivity contribution in [3.05, 3.63) is 57.6 Å². The number of aromatic nitrogens is 2. The standard InChI is InChI=1S/C17H13Cl2N3O3S/c18-13-6-12(7-14(19)8-13)16-21-17(25-22-16)20-9-10-1-2-15-11(5-10)3-4-26(15,23)24/h1-2,5-8H,3-4,9H2,(H,20,21,22). The minimum absolute atomic E-state index is 0.175. The van der Waals surface area contributed by atoms with Crippen LogP contribution in [-0.2, 0) is 22.8 Å². The SMILES string of the molecule is O=S1(=O)CCc2cc(CNc3nc(-c4cc(Cl)cc(Cl)c4)no3)ccc21. The first-order valence-corrected chi connectivity index (χ1v) is 10.2. The van der Waals surface area contributed by atoms with Gasteiger partial charge in [0.1, 0.15) is 0 Å². The molecule has 3 aromatic rings. The fraction of sp³-hybridized carbons (Fsp3) is 0.176. The number of aryl methyl sites for hydroxylation is 1. The number of sulfone groups is 1. The van der Waals surface area contributed by atoms with Gasteiger partial charge in [-0.15, -0.1) is 0 Å². The summed E-state index contributed by atoms with van der Waals surface area (Å²) in [5.41, 5.74) is 2.44. The van der Waals surface area contributed by atoms with Crippen LogP contribution in [0.1, 0.15) is 11.1 Å². The molecule has 0 saturated heterocycles. The summed E-state index contributed by atoms with van der Waals surface area (Å²) in [6.07, 6.45) is 0.547. The minimum Gasteiger partial charge on any atom is -0.334 e. The molecule has 9 heteroatoms. The average molecular weight is 410 g/mol. The molecule has 1 aromatic heterocycles. The fourth-order valence-corrected chi connectivity index (χ4v) is 4.94. The highest BCUT2D eigenvalue weighted by atomic mass is 35.5. The fourth-order valence-electron chi connectivity index (χ4n) is 2.87. The van der Waals surface area contributed by atoms with Crippen LogP contribution in [0.5, 0.6) is 0 Å². The Hall–Kier alpha value is -2.09.